The van der Waals surface area contributed by atoms with Crippen LogP contribution < -0.4 is 5.32 Å². The van der Waals surface area contributed by atoms with Crippen molar-refractivity contribution in [2.45, 2.75) is 44.6 Å². The van der Waals surface area contributed by atoms with Crippen LogP contribution in [0.1, 0.15) is 43.2 Å². The Morgan fingerprint density at radius 1 is 0.833 bits per heavy atom. The molecule has 0 radical (unpaired) electrons. The number of anilines is 1. The molecule has 8 rings (SSSR count). The normalized spacial score (nSPS) is 35.9. The number of pyridine rings is 1. The maximum atomic E-state index is 13.4. The topological polar surface area (TPSA) is 79.4 Å². The molecule has 36 heavy (non-hydrogen) atoms. The van der Waals surface area contributed by atoms with Crippen LogP contribution in [0.25, 0.3) is 0 Å². The molecule has 1 aromatic carbocycles. The molecule has 6 atom stereocenters. The third-order valence-electron chi connectivity index (χ3n) is 9.51. The largest absolute Gasteiger partial charge is 0.326 e. The number of allylic oxidation sites excluding steroid dienone is 2. The zero-order valence-corrected chi connectivity index (χ0v) is 20.3. The summed E-state index contributed by atoms with van der Waals surface area (Å²) in [5.41, 5.74) is 3.19. The number of rotatable bonds is 5. The smallest absolute Gasteiger partial charge is 0.233 e. The highest BCUT2D eigenvalue weighted by Crippen LogP contribution is 2.65. The fourth-order valence-corrected chi connectivity index (χ4v) is 7.62. The van der Waals surface area contributed by atoms with Crippen molar-refractivity contribution in [3.05, 3.63) is 72.1 Å². The summed E-state index contributed by atoms with van der Waals surface area (Å²) < 4.78 is 0. The van der Waals surface area contributed by atoms with Gasteiger partial charge in [-0.3, -0.25) is 24.3 Å². The Balaban J connectivity index is 0.950. The van der Waals surface area contributed by atoms with Crippen LogP contribution in [0.3, 0.4) is 0 Å². The molecule has 1 N–H and O–H groups in total. The molecule has 1 saturated heterocycles. The van der Waals surface area contributed by atoms with Gasteiger partial charge >= 0.3 is 0 Å². The summed E-state index contributed by atoms with van der Waals surface area (Å²) in [4.78, 5) is 45.4. The third-order valence-corrected chi connectivity index (χ3v) is 9.51. The second kappa shape index (κ2) is 8.39. The minimum absolute atomic E-state index is 0.0328. The van der Waals surface area contributed by atoms with Crippen molar-refractivity contribution < 1.29 is 14.4 Å². The zero-order valence-electron chi connectivity index (χ0n) is 20.3. The Labute approximate surface area is 211 Å². The van der Waals surface area contributed by atoms with E-state index < -0.39 is 0 Å². The predicted molar refractivity (Wildman–Crippen MR) is 134 cm³/mol. The van der Waals surface area contributed by atoms with Gasteiger partial charge in [0.1, 0.15) is 0 Å². The molecule has 2 heterocycles. The lowest BCUT2D eigenvalue weighted by Gasteiger charge is -2.37. The van der Waals surface area contributed by atoms with E-state index in [0.29, 0.717) is 24.7 Å². The predicted octanol–water partition coefficient (Wildman–Crippen LogP) is 4.22. The lowest BCUT2D eigenvalue weighted by atomic mass is 9.63. The van der Waals surface area contributed by atoms with Gasteiger partial charge in [0.15, 0.2) is 0 Å². The number of amides is 3. The Morgan fingerprint density at radius 2 is 1.42 bits per heavy atom. The lowest BCUT2D eigenvalue weighted by molar-refractivity contribution is -0.144. The summed E-state index contributed by atoms with van der Waals surface area (Å²) in [5.74, 6) is 1.61. The van der Waals surface area contributed by atoms with E-state index in [1.165, 1.54) is 17.5 Å². The van der Waals surface area contributed by atoms with Crippen LogP contribution in [0, 0.1) is 41.4 Å². The average molecular weight is 482 g/mol. The third kappa shape index (κ3) is 3.53. The van der Waals surface area contributed by atoms with Gasteiger partial charge in [-0.25, -0.2) is 0 Å². The number of carbonyl (C=O) groups is 3. The van der Waals surface area contributed by atoms with Gasteiger partial charge in [0.05, 0.1) is 11.8 Å². The first-order chi connectivity index (χ1) is 17.6. The number of benzene rings is 1. The van der Waals surface area contributed by atoms with E-state index >= 15 is 0 Å². The molecular formula is C30H31N3O3. The van der Waals surface area contributed by atoms with Crippen LogP contribution >= 0.6 is 0 Å². The van der Waals surface area contributed by atoms with Gasteiger partial charge in [-0.05, 0) is 97.6 Å². The standard InChI is InChI=1S/C30H31N3O3/c34-28(32-20-5-1-17(2-6-20)15-18-11-13-31-14-12-18)19-3-7-21(8-4-19)33-29(35)26-22-9-10-23(25-16-24(22)25)27(26)30(33)36/h1-2,5-6,9-14,19,21-27H,3-4,7-8,15-16H2,(H,32,34)/t19?,21?,22-,23-,24-,25-,26+,27+/m0/s1. The average Bonchev–Trinajstić information content (AvgIpc) is 3.69. The van der Waals surface area contributed by atoms with Gasteiger partial charge in [0, 0.05) is 30.0 Å². The number of nitrogens with one attached hydrogen (secondary N) is 1. The highest BCUT2D eigenvalue weighted by Gasteiger charge is 2.67. The molecule has 2 bridgehead atoms. The van der Waals surface area contributed by atoms with Gasteiger partial charge in [0.2, 0.25) is 17.7 Å². The highest BCUT2D eigenvalue weighted by molar-refractivity contribution is 6.06. The molecule has 3 amide bonds. The summed E-state index contributed by atoms with van der Waals surface area (Å²) in [6, 6.07) is 12.0. The van der Waals surface area contributed by atoms with E-state index in [-0.39, 0.29) is 53.4 Å². The van der Waals surface area contributed by atoms with Crippen molar-refractivity contribution in [1.82, 2.24) is 9.88 Å². The SMILES string of the molecule is O=C(Nc1ccc(Cc2ccncc2)cc1)C1CCC(N2C(=O)[C@@H]3[C@H]4C=C[C@@H]([C@@H]5C[C@@H]45)[C@H]3C2=O)CC1. The highest BCUT2D eigenvalue weighted by atomic mass is 16.2. The van der Waals surface area contributed by atoms with Crippen molar-refractivity contribution in [1.29, 1.82) is 0 Å². The van der Waals surface area contributed by atoms with Crippen molar-refractivity contribution >= 4 is 23.4 Å². The molecule has 0 unspecified atom stereocenters. The number of likely N-dealkylation sites (tertiary alicyclic amines) is 1. The van der Waals surface area contributed by atoms with Crippen LogP contribution in [-0.2, 0) is 20.8 Å². The van der Waals surface area contributed by atoms with Gasteiger partial charge in [-0.1, -0.05) is 24.3 Å². The van der Waals surface area contributed by atoms with E-state index in [2.05, 4.69) is 22.5 Å². The van der Waals surface area contributed by atoms with Crippen LogP contribution in [0.4, 0.5) is 5.69 Å². The van der Waals surface area contributed by atoms with Crippen molar-refractivity contribution in [3.63, 3.8) is 0 Å². The number of nitrogens with zero attached hydrogens (tertiary/aromatic N) is 2. The molecule has 2 aromatic rings. The Bertz CT molecular complexity index is 1200. The molecule has 184 valence electrons. The minimum atomic E-state index is -0.126. The van der Waals surface area contributed by atoms with E-state index in [9.17, 15) is 14.4 Å². The number of aromatic nitrogens is 1. The molecule has 1 aliphatic heterocycles. The Morgan fingerprint density at radius 3 is 2.03 bits per heavy atom. The van der Waals surface area contributed by atoms with E-state index in [0.717, 1.165) is 24.9 Å². The fraction of sp³-hybridized carbons (Fsp3) is 0.467. The van der Waals surface area contributed by atoms with E-state index in [1.807, 2.05) is 36.4 Å². The number of carbonyl (C=O) groups excluding carboxylic acids is 3. The second-order valence-electron chi connectivity index (χ2n) is 11.4. The minimum Gasteiger partial charge on any atom is -0.326 e. The first-order valence-corrected chi connectivity index (χ1v) is 13.4. The Hall–Kier alpha value is -3.28. The molecular weight excluding hydrogens is 450 g/mol. The first kappa shape index (κ1) is 22.0. The molecule has 6 nitrogen and oxygen atoms in total. The molecule has 6 aliphatic rings. The number of hydrogen-bond donors (Lipinski definition) is 1. The Kier molecular flexibility index (Phi) is 5.12. The zero-order chi connectivity index (χ0) is 24.4. The van der Waals surface area contributed by atoms with Crippen molar-refractivity contribution in [2.75, 3.05) is 5.32 Å². The molecule has 5 aliphatic carbocycles. The summed E-state index contributed by atoms with van der Waals surface area (Å²) >= 11 is 0. The second-order valence-corrected chi connectivity index (χ2v) is 11.4. The van der Waals surface area contributed by atoms with Crippen LogP contribution in [0.2, 0.25) is 0 Å². The molecule has 6 heteroatoms. The molecule has 1 aromatic heterocycles. The number of imide groups is 1. The van der Waals surface area contributed by atoms with Gasteiger partial charge < -0.3 is 5.32 Å². The quantitative estimate of drug-likeness (QED) is 0.512. The summed E-state index contributed by atoms with van der Waals surface area (Å²) in [5, 5.41) is 3.07. The first-order valence-electron chi connectivity index (χ1n) is 13.4. The molecule has 3 saturated carbocycles. The number of hydrogen-bond acceptors (Lipinski definition) is 4. The maximum absolute atomic E-state index is 13.4. The maximum Gasteiger partial charge on any atom is 0.233 e. The molecule has 0 spiro atoms. The van der Waals surface area contributed by atoms with Gasteiger partial charge in [0.25, 0.3) is 0 Å². The fourth-order valence-electron chi connectivity index (χ4n) is 7.62. The summed E-state index contributed by atoms with van der Waals surface area (Å²) in [7, 11) is 0. The van der Waals surface area contributed by atoms with E-state index in [4.69, 9.17) is 0 Å². The van der Waals surface area contributed by atoms with Gasteiger partial charge in [-0.2, -0.15) is 0 Å². The van der Waals surface area contributed by atoms with Crippen LogP contribution in [0.5, 0.6) is 0 Å². The summed E-state index contributed by atoms with van der Waals surface area (Å²) in [6.07, 6.45) is 12.9. The van der Waals surface area contributed by atoms with E-state index in [1.54, 1.807) is 17.3 Å². The molecule has 4 fully saturated rings. The van der Waals surface area contributed by atoms with Crippen molar-refractivity contribution in [3.8, 4) is 0 Å². The van der Waals surface area contributed by atoms with Crippen LogP contribution in [-0.4, -0.2) is 33.6 Å². The van der Waals surface area contributed by atoms with Gasteiger partial charge in [-0.15, -0.1) is 0 Å². The lowest BCUT2D eigenvalue weighted by Crippen LogP contribution is -2.44. The monoisotopic (exact) mass is 481 g/mol. The van der Waals surface area contributed by atoms with Crippen LogP contribution in [0.15, 0.2) is 60.9 Å². The van der Waals surface area contributed by atoms with Crippen molar-refractivity contribution in [2.24, 2.45) is 41.4 Å². The summed E-state index contributed by atoms with van der Waals surface area (Å²) in [6.45, 7) is 0.